The number of hydrogen-bond acceptors (Lipinski definition) is 3. The number of amides is 2. The number of halogens is 2. The van der Waals surface area contributed by atoms with Crippen molar-refractivity contribution in [1.29, 1.82) is 0 Å². The number of piperidine rings is 1. The molecule has 0 N–H and O–H groups in total. The Hall–Kier alpha value is -0.520. The van der Waals surface area contributed by atoms with Gasteiger partial charge in [-0.25, -0.2) is 0 Å². The number of nitrogens with zero attached hydrogens (tertiary/aromatic N) is 2. The van der Waals surface area contributed by atoms with Crippen LogP contribution in [0.15, 0.2) is 0 Å². The number of ether oxygens (including phenoxy) is 1. The number of rotatable bonds is 0. The first-order valence-electron chi connectivity index (χ1n) is 7.31. The molecule has 114 valence electrons. The fraction of sp³-hybridized carbons (Fsp3) is 0.857. The van der Waals surface area contributed by atoms with Crippen LogP contribution in [0.4, 0.5) is 0 Å². The van der Waals surface area contributed by atoms with Crippen LogP contribution in [-0.2, 0) is 14.3 Å². The molecule has 5 fully saturated rings. The molecule has 2 saturated carbocycles. The molecule has 0 aromatic carbocycles. The van der Waals surface area contributed by atoms with Gasteiger partial charge in [0.2, 0.25) is 11.8 Å². The molecule has 8 atom stereocenters. The van der Waals surface area contributed by atoms with Crippen molar-refractivity contribution in [1.82, 2.24) is 9.80 Å². The summed E-state index contributed by atoms with van der Waals surface area (Å²) >= 11 is 13.5. The molecule has 5 nitrogen and oxygen atoms in total. The number of likely N-dealkylation sites (tertiary alicyclic amines) is 2. The van der Waals surface area contributed by atoms with Gasteiger partial charge in [0.15, 0.2) is 0 Å². The van der Waals surface area contributed by atoms with Gasteiger partial charge in [0.1, 0.15) is 5.41 Å². The monoisotopic (exact) mass is 330 g/mol. The summed E-state index contributed by atoms with van der Waals surface area (Å²) in [6.07, 6.45) is 0. The molecule has 7 heteroatoms. The molecule has 3 saturated heterocycles. The van der Waals surface area contributed by atoms with Crippen molar-refractivity contribution in [3.05, 3.63) is 0 Å². The van der Waals surface area contributed by atoms with Crippen molar-refractivity contribution < 1.29 is 14.3 Å². The van der Waals surface area contributed by atoms with Gasteiger partial charge in [-0.15, -0.1) is 23.2 Å². The Kier molecular flexibility index (Phi) is 2.08. The summed E-state index contributed by atoms with van der Waals surface area (Å²) in [5, 5.41) is -0.620. The third kappa shape index (κ3) is 0.919. The molecule has 0 aromatic heterocycles. The number of alkyl halides is 2. The van der Waals surface area contributed by atoms with Crippen LogP contribution in [0.1, 0.15) is 0 Å². The van der Waals surface area contributed by atoms with Gasteiger partial charge in [0.25, 0.3) is 0 Å². The van der Waals surface area contributed by atoms with E-state index in [-0.39, 0.29) is 53.1 Å². The Labute approximate surface area is 132 Å². The zero-order chi connectivity index (χ0) is 14.9. The minimum Gasteiger partial charge on any atom is -0.379 e. The van der Waals surface area contributed by atoms with Crippen LogP contribution < -0.4 is 0 Å². The van der Waals surface area contributed by atoms with E-state index in [4.69, 9.17) is 27.9 Å². The topological polar surface area (TPSA) is 49.9 Å². The molecule has 2 amide bonds. The van der Waals surface area contributed by atoms with Gasteiger partial charge >= 0.3 is 0 Å². The highest BCUT2D eigenvalue weighted by atomic mass is 35.5. The highest BCUT2D eigenvalue weighted by Crippen LogP contribution is 2.75. The van der Waals surface area contributed by atoms with E-state index in [1.54, 1.807) is 23.9 Å². The van der Waals surface area contributed by atoms with E-state index in [0.717, 1.165) is 0 Å². The van der Waals surface area contributed by atoms with Crippen molar-refractivity contribution in [2.45, 2.75) is 22.8 Å². The van der Waals surface area contributed by atoms with E-state index < -0.39 is 10.8 Å². The highest BCUT2D eigenvalue weighted by Gasteiger charge is 2.88. The molecule has 3 aliphatic heterocycles. The minimum atomic E-state index is -0.897. The molecular formula is C14H16Cl2N2O3. The van der Waals surface area contributed by atoms with E-state index in [1.165, 1.54) is 0 Å². The van der Waals surface area contributed by atoms with Crippen LogP contribution in [-0.4, -0.2) is 71.8 Å². The number of carbonyl (C=O) groups is 2. The fourth-order valence-corrected chi connectivity index (χ4v) is 7.62. The smallest absolute Gasteiger partial charge is 0.233 e. The molecule has 0 unspecified atom stereocenters. The van der Waals surface area contributed by atoms with Crippen LogP contribution in [0.5, 0.6) is 0 Å². The third-order valence-corrected chi connectivity index (χ3v) is 8.14. The number of hydrogen-bond donors (Lipinski definition) is 0. The molecule has 2 aliphatic carbocycles. The molecular weight excluding hydrogens is 315 g/mol. The van der Waals surface area contributed by atoms with Gasteiger partial charge in [-0.05, 0) is 0 Å². The van der Waals surface area contributed by atoms with Gasteiger partial charge in [-0.3, -0.25) is 9.59 Å². The van der Waals surface area contributed by atoms with Gasteiger partial charge < -0.3 is 14.5 Å². The lowest BCUT2D eigenvalue weighted by Gasteiger charge is -2.46. The van der Waals surface area contributed by atoms with Gasteiger partial charge in [0.05, 0.1) is 41.5 Å². The molecule has 3 heterocycles. The maximum Gasteiger partial charge on any atom is 0.233 e. The predicted octanol–water partition coefficient (Wildman–Crippen LogP) is 0.145. The van der Waals surface area contributed by atoms with Crippen LogP contribution in [0.25, 0.3) is 0 Å². The van der Waals surface area contributed by atoms with Crippen LogP contribution in [0, 0.1) is 22.7 Å². The second-order valence-corrected chi connectivity index (χ2v) is 8.17. The Bertz CT molecular complexity index is 601. The summed E-state index contributed by atoms with van der Waals surface area (Å²) in [5.74, 6) is 0.0495. The summed E-state index contributed by atoms with van der Waals surface area (Å²) in [4.78, 5) is 29.7. The Morgan fingerprint density at radius 1 is 1.05 bits per heavy atom. The zero-order valence-electron chi connectivity index (χ0n) is 11.8. The SMILES string of the molecule is CN1C(=O)[C@@]23COC[C@@]24C(=O)N(C)[C@H]2[C@H](Cl)[C@@H]1[C@@H]3[C@H]2[C@@H]4Cl. The zero-order valence-corrected chi connectivity index (χ0v) is 13.3. The second kappa shape index (κ2) is 3.36. The molecule has 0 radical (unpaired) electrons. The van der Waals surface area contributed by atoms with E-state index >= 15 is 0 Å². The highest BCUT2D eigenvalue weighted by molar-refractivity contribution is 6.27. The minimum absolute atomic E-state index is 0.00380. The lowest BCUT2D eigenvalue weighted by molar-refractivity contribution is -0.155. The Morgan fingerprint density at radius 3 is 2.33 bits per heavy atom. The van der Waals surface area contributed by atoms with Gasteiger partial charge in [0, 0.05) is 25.9 Å². The predicted molar refractivity (Wildman–Crippen MR) is 75.1 cm³/mol. The van der Waals surface area contributed by atoms with Crippen LogP contribution in [0.2, 0.25) is 0 Å². The van der Waals surface area contributed by atoms with Crippen LogP contribution >= 0.6 is 23.2 Å². The summed E-state index contributed by atoms with van der Waals surface area (Å²) < 4.78 is 5.68. The molecule has 2 bridgehead atoms. The van der Waals surface area contributed by atoms with E-state index in [1.807, 2.05) is 0 Å². The maximum atomic E-state index is 13.1. The first-order valence-corrected chi connectivity index (χ1v) is 8.19. The molecule has 21 heavy (non-hydrogen) atoms. The van der Waals surface area contributed by atoms with Gasteiger partial charge in [-0.1, -0.05) is 0 Å². The third-order valence-electron chi connectivity index (χ3n) is 6.96. The first kappa shape index (κ1) is 13.0. The lowest BCUT2D eigenvalue weighted by Crippen LogP contribution is -2.63. The average Bonchev–Trinajstić information content (AvgIpc) is 3.08. The summed E-state index contributed by atoms with van der Waals surface area (Å²) in [5.41, 5.74) is -1.69. The second-order valence-electron chi connectivity index (χ2n) is 7.20. The Morgan fingerprint density at radius 2 is 1.62 bits per heavy atom. The van der Waals surface area contributed by atoms with E-state index in [9.17, 15) is 9.59 Å². The molecule has 2 spiro atoms. The fourth-order valence-electron chi connectivity index (χ4n) is 6.30. The van der Waals surface area contributed by atoms with Crippen molar-refractivity contribution >= 4 is 35.0 Å². The van der Waals surface area contributed by atoms with Crippen LogP contribution in [0.3, 0.4) is 0 Å². The van der Waals surface area contributed by atoms with E-state index in [2.05, 4.69) is 0 Å². The first-order chi connectivity index (χ1) is 9.91. The largest absolute Gasteiger partial charge is 0.379 e. The molecule has 0 aromatic rings. The van der Waals surface area contributed by atoms with Crippen molar-refractivity contribution in [2.75, 3.05) is 27.3 Å². The van der Waals surface area contributed by atoms with Crippen molar-refractivity contribution in [2.24, 2.45) is 22.7 Å². The Balaban J connectivity index is 1.87. The summed E-state index contributed by atoms with van der Waals surface area (Å²) in [6, 6.07) is -0.130. The van der Waals surface area contributed by atoms with Crippen molar-refractivity contribution in [3.63, 3.8) is 0 Å². The number of carbonyl (C=O) groups excluding carboxylic acids is 2. The lowest BCUT2D eigenvalue weighted by atomic mass is 9.63. The molecule has 5 rings (SSSR count). The van der Waals surface area contributed by atoms with E-state index in [0.29, 0.717) is 6.61 Å². The molecule has 5 aliphatic rings. The average molecular weight is 331 g/mol. The summed E-state index contributed by atoms with van der Waals surface area (Å²) in [7, 11) is 3.60. The quantitative estimate of drug-likeness (QED) is 0.594. The van der Waals surface area contributed by atoms with Gasteiger partial charge in [-0.2, -0.15) is 0 Å². The maximum absolute atomic E-state index is 13.1. The normalized spacial score (nSPS) is 60.2. The standard InChI is InChI=1S/C14H16Cl2N2O3/c1-17-8-5-6-9(7(8)15)18(2)11(19)13(6)3-21-4-14(13,10(5)16)12(17)20/h5-10H,3-4H2,1-2H3/t5-,6+,7+,8-,9+,10+,13+,14-/m1/s1. The summed E-state index contributed by atoms with van der Waals surface area (Å²) in [6.45, 7) is 0.552. The van der Waals surface area contributed by atoms with Crippen molar-refractivity contribution in [3.8, 4) is 0 Å².